The Kier molecular flexibility index (Phi) is 23.7. The topological polar surface area (TPSA) is 195 Å². The first-order chi connectivity index (χ1) is 30.7. The van der Waals surface area contributed by atoms with Crippen LogP contribution in [0, 0.1) is 35.5 Å². The number of piperidine rings is 1. The fourth-order valence-electron chi connectivity index (χ4n) is 10.1. The molecule has 2 radical (unpaired) electrons. The molecule has 0 spiro atoms. The zero-order valence-corrected chi connectivity index (χ0v) is 46.8. The number of fused-ring (bicyclic) bond motifs is 3. The van der Waals surface area contributed by atoms with Gasteiger partial charge in [-0.05, 0) is 107 Å². The minimum atomic E-state index is -2.43. The molecule has 2 saturated heterocycles. The van der Waals surface area contributed by atoms with Crippen molar-refractivity contribution in [2.75, 3.05) is 27.9 Å². The van der Waals surface area contributed by atoms with Gasteiger partial charge >= 0.3 is 33.3 Å². The van der Waals surface area contributed by atoms with Crippen LogP contribution in [0.1, 0.15) is 126 Å². The first-order valence-corrected chi connectivity index (χ1v) is 23.9. The van der Waals surface area contributed by atoms with Crippen LogP contribution in [0.25, 0.3) is 0 Å². The molecule has 4 rings (SSSR count). The summed E-state index contributed by atoms with van der Waals surface area (Å²) in [4.78, 5) is 71.8. The van der Waals surface area contributed by atoms with Crippen LogP contribution in [-0.4, -0.2) is 159 Å². The van der Waals surface area contributed by atoms with Gasteiger partial charge in [-0.1, -0.05) is 71.1 Å². The normalized spacial score (nSPS) is 38.5. The third kappa shape index (κ3) is 15.3. The van der Waals surface area contributed by atoms with Crippen molar-refractivity contribution < 1.29 is 63.0 Å². The number of Topliss-reactive ketones (excluding diaryl/α,β-unsaturated/α-hetero) is 3. The average Bonchev–Trinajstić information content (AvgIpc) is 3.28. The number of esters is 1. The predicted molar refractivity (Wildman–Crippen MR) is 254 cm³/mol. The van der Waals surface area contributed by atoms with E-state index in [1.165, 1.54) is 12.0 Å². The summed E-state index contributed by atoms with van der Waals surface area (Å²) in [7, 11) is 4.52. The van der Waals surface area contributed by atoms with Gasteiger partial charge in [0.05, 0.1) is 24.4 Å². The van der Waals surface area contributed by atoms with Gasteiger partial charge in [0.1, 0.15) is 30.1 Å². The Morgan fingerprint density at radius 3 is 2.23 bits per heavy atom. The zero-order chi connectivity index (χ0) is 48.2. The molecule has 1 amide bonds. The van der Waals surface area contributed by atoms with Crippen LogP contribution in [0.4, 0.5) is 0 Å². The quantitative estimate of drug-likeness (QED) is 0.135. The van der Waals surface area contributed by atoms with Gasteiger partial charge in [0.2, 0.25) is 5.79 Å². The fourth-order valence-corrected chi connectivity index (χ4v) is 10.1. The van der Waals surface area contributed by atoms with Gasteiger partial charge in [0.25, 0.3) is 11.7 Å². The molecule has 15 atom stereocenters. The number of ether oxygens (including phenoxy) is 5. The fraction of sp³-hybridized carbons (Fsp3) is 0.745. The van der Waals surface area contributed by atoms with Crippen molar-refractivity contribution in [3.05, 3.63) is 47.6 Å². The van der Waals surface area contributed by atoms with Gasteiger partial charge < -0.3 is 43.9 Å². The molecule has 0 aromatic rings. The van der Waals surface area contributed by atoms with E-state index in [4.69, 9.17) is 23.7 Å². The van der Waals surface area contributed by atoms with Gasteiger partial charge in [-0.15, -0.1) is 0 Å². The Morgan fingerprint density at radius 2 is 1.56 bits per heavy atom. The number of ketones is 3. The van der Waals surface area contributed by atoms with E-state index in [9.17, 15) is 39.3 Å². The van der Waals surface area contributed by atoms with E-state index in [0.717, 1.165) is 12.0 Å². The number of carbonyl (C=O) groups is 5. The summed E-state index contributed by atoms with van der Waals surface area (Å²) in [6.45, 7) is 12.7. The van der Waals surface area contributed by atoms with E-state index < -0.39 is 83.9 Å². The van der Waals surface area contributed by atoms with Crippen molar-refractivity contribution in [1.29, 1.82) is 0 Å². The second kappa shape index (κ2) is 27.1. The summed E-state index contributed by atoms with van der Waals surface area (Å²) in [5.41, 5.74) is 1.27. The molecular formula is C51H81NO13Pb. The van der Waals surface area contributed by atoms with Crippen molar-refractivity contribution in [2.24, 2.45) is 35.5 Å². The van der Waals surface area contributed by atoms with Crippen LogP contribution in [0.15, 0.2) is 47.6 Å². The molecule has 15 heteroatoms. The van der Waals surface area contributed by atoms with Crippen LogP contribution >= 0.6 is 0 Å². The average molecular weight is 1120 g/mol. The number of amides is 1. The number of rotatable bonds is 6. The number of carbonyl (C=O) groups excluding carboxylic acids is 5. The number of nitrogens with zero attached hydrogens (tertiary/aromatic N) is 1. The van der Waals surface area contributed by atoms with Crippen molar-refractivity contribution in [3.8, 4) is 0 Å². The molecule has 1 saturated carbocycles. The first kappa shape index (κ1) is 57.9. The Hall–Kier alpha value is -2.45. The van der Waals surface area contributed by atoms with Crippen LogP contribution < -0.4 is 0 Å². The molecule has 3 fully saturated rings. The summed E-state index contributed by atoms with van der Waals surface area (Å²) in [5.74, 6) is -7.96. The second-order valence-electron chi connectivity index (χ2n) is 19.6. The van der Waals surface area contributed by atoms with Crippen molar-refractivity contribution in [3.63, 3.8) is 0 Å². The Bertz CT molecular complexity index is 1760. The van der Waals surface area contributed by atoms with Crippen LogP contribution in [-0.2, 0) is 47.7 Å². The second-order valence-corrected chi connectivity index (χ2v) is 19.6. The van der Waals surface area contributed by atoms with E-state index in [0.29, 0.717) is 63.4 Å². The molecule has 2 bridgehead atoms. The Balaban J connectivity index is 0.0000116. The number of hydrogen-bond acceptors (Lipinski definition) is 13. The number of methoxy groups -OCH3 is 3. The molecule has 372 valence electrons. The molecule has 4 aliphatic rings. The number of cyclic esters (lactones) is 1. The summed E-state index contributed by atoms with van der Waals surface area (Å²) >= 11 is 0. The third-order valence-corrected chi connectivity index (χ3v) is 14.5. The predicted octanol–water partition coefficient (Wildman–Crippen LogP) is 5.26. The summed E-state index contributed by atoms with van der Waals surface area (Å²) < 4.78 is 29.4. The standard InChI is InChI=1S/C51H79NO13.Pb.2H/c1-30-16-12-11-13-17-31(2)42(61-8)28-38-21-19-36(7)51(60,65-38)48(57)49(58)52-23-15-14-18-39(52)50(59)64-43(33(4)26-37-20-22-40(53)44(27-37)62-9)29-41(54)32(3)25-35(6)46(56)47(63-10)45(55)34(5)24-30;;;/h11-13,16-17,25,30,32-34,36-40,42-44,46-47,53,56,60H,14-15,18-24,26-29H2,1-10H3;;;/b13-11?,16-12+,31-17?,35-25+;;;/t30-,32-,33-,34-,36-,37+,38+,39+,40-,42+,43+,44-,46-,47+,51-;;;/m1.../s1. The molecule has 3 N–H and O–H groups in total. The molecule has 0 aromatic heterocycles. The molecule has 1 aliphatic carbocycles. The number of allylic oxidation sites excluding steroid dienone is 6. The molecule has 3 heterocycles. The van der Waals surface area contributed by atoms with Gasteiger partial charge in [-0.25, -0.2) is 4.79 Å². The SMILES string of the molecule is CO[C@H]1C[C@@H]2CC[C@@H](C)[C@@](O)(O2)C(=O)C(=O)N2CCCC[C@H]2C(=O)O[C@H]([C@H](C)C[C@@H]2CC[C@@H](O)[C@H](OC)C2)CC(=O)[C@H](C)/C=C(\C)[C@@H](O)[C@@H](OC)C(=O)[C@H](C)C[C@H](C)/C=C/C=CC=C1C.[PbH2]. The first-order valence-electron chi connectivity index (χ1n) is 23.9. The zero-order valence-electron chi connectivity index (χ0n) is 41.3. The molecule has 66 heavy (non-hydrogen) atoms. The van der Waals surface area contributed by atoms with E-state index in [1.54, 1.807) is 41.1 Å². The van der Waals surface area contributed by atoms with Gasteiger partial charge in [-0.3, -0.25) is 19.2 Å². The van der Waals surface area contributed by atoms with Crippen molar-refractivity contribution in [1.82, 2.24) is 4.90 Å². The van der Waals surface area contributed by atoms with E-state index in [2.05, 4.69) is 0 Å². The summed E-state index contributed by atoms with van der Waals surface area (Å²) in [6, 6.07) is -1.14. The van der Waals surface area contributed by atoms with Crippen molar-refractivity contribution in [2.45, 2.75) is 180 Å². The minimum absolute atomic E-state index is 0. The van der Waals surface area contributed by atoms with Crippen LogP contribution in [0.2, 0.25) is 0 Å². The number of aliphatic hydroxyl groups is 3. The van der Waals surface area contributed by atoms with Crippen molar-refractivity contribution >= 4 is 56.5 Å². The maximum atomic E-state index is 14.4. The van der Waals surface area contributed by atoms with E-state index >= 15 is 0 Å². The summed E-state index contributed by atoms with van der Waals surface area (Å²) in [6.07, 6.45) is 11.2. The Labute approximate surface area is 413 Å². The van der Waals surface area contributed by atoms with E-state index in [1.807, 2.05) is 58.1 Å². The Morgan fingerprint density at radius 1 is 0.848 bits per heavy atom. The molecule has 3 aliphatic heterocycles. The molecule has 0 unspecified atom stereocenters. The monoisotopic (exact) mass is 1120 g/mol. The number of hydrogen-bond donors (Lipinski definition) is 3. The molecular weight excluding hydrogens is 1040 g/mol. The van der Waals surface area contributed by atoms with Gasteiger partial charge in [0, 0.05) is 58.5 Å². The maximum absolute atomic E-state index is 14.4. The molecule has 0 aromatic carbocycles. The number of aliphatic hydroxyl groups excluding tert-OH is 2. The third-order valence-electron chi connectivity index (χ3n) is 14.5. The van der Waals surface area contributed by atoms with Crippen LogP contribution in [0.5, 0.6) is 0 Å². The van der Waals surface area contributed by atoms with E-state index in [-0.39, 0.29) is 82.1 Å². The molecule has 14 nitrogen and oxygen atoms in total. The van der Waals surface area contributed by atoms with Gasteiger partial charge in [-0.2, -0.15) is 0 Å². The van der Waals surface area contributed by atoms with Crippen LogP contribution in [0.3, 0.4) is 0 Å². The summed E-state index contributed by atoms with van der Waals surface area (Å²) in [5, 5.41) is 33.8. The van der Waals surface area contributed by atoms with Gasteiger partial charge in [0.15, 0.2) is 5.78 Å².